The first-order valence-corrected chi connectivity index (χ1v) is 6.20. The van der Waals surface area contributed by atoms with Gasteiger partial charge >= 0.3 is 5.97 Å². The van der Waals surface area contributed by atoms with Crippen LogP contribution in [0.2, 0.25) is 0 Å². The number of aliphatic carboxylic acids is 1. The van der Waals surface area contributed by atoms with Crippen LogP contribution in [0, 0.1) is 5.92 Å². The van der Waals surface area contributed by atoms with E-state index in [1.807, 2.05) is 13.8 Å². The van der Waals surface area contributed by atoms with Crippen LogP contribution in [0.25, 0.3) is 0 Å². The van der Waals surface area contributed by atoms with Gasteiger partial charge in [0.1, 0.15) is 0 Å². The van der Waals surface area contributed by atoms with Crippen LogP contribution in [-0.2, 0) is 9.59 Å². The van der Waals surface area contributed by atoms with Crippen molar-refractivity contribution in [3.05, 3.63) is 0 Å². The predicted octanol–water partition coefficient (Wildman–Crippen LogP) is 0.992. The van der Waals surface area contributed by atoms with Crippen LogP contribution in [0.1, 0.15) is 40.0 Å². The summed E-state index contributed by atoms with van der Waals surface area (Å²) in [5, 5.41) is 14.5. The Morgan fingerprint density at radius 1 is 1.24 bits per heavy atom. The molecule has 0 aromatic carbocycles. The van der Waals surface area contributed by atoms with Crippen molar-refractivity contribution in [1.82, 2.24) is 10.6 Å². The first-order valence-electron chi connectivity index (χ1n) is 6.20. The molecule has 2 unspecified atom stereocenters. The van der Waals surface area contributed by atoms with Crippen molar-refractivity contribution >= 4 is 11.9 Å². The third-order valence-corrected chi connectivity index (χ3v) is 2.68. The molecular weight excluding hydrogens is 220 g/mol. The quantitative estimate of drug-likeness (QED) is 0.565. The summed E-state index contributed by atoms with van der Waals surface area (Å²) >= 11 is 0. The van der Waals surface area contributed by atoms with Gasteiger partial charge in [-0.15, -0.1) is 0 Å². The van der Waals surface area contributed by atoms with Gasteiger partial charge in [0.25, 0.3) is 0 Å². The largest absolute Gasteiger partial charge is 0.481 e. The van der Waals surface area contributed by atoms with Crippen LogP contribution < -0.4 is 10.6 Å². The Morgan fingerprint density at radius 2 is 1.88 bits per heavy atom. The summed E-state index contributed by atoms with van der Waals surface area (Å²) in [6.45, 7) is 6.57. The highest BCUT2D eigenvalue weighted by atomic mass is 16.4. The van der Waals surface area contributed by atoms with Crippen molar-refractivity contribution in [1.29, 1.82) is 0 Å². The molecule has 2 atom stereocenters. The molecule has 0 rings (SSSR count). The van der Waals surface area contributed by atoms with Crippen LogP contribution in [0.3, 0.4) is 0 Å². The van der Waals surface area contributed by atoms with Gasteiger partial charge in [0.15, 0.2) is 0 Å². The molecule has 0 heterocycles. The average Bonchev–Trinajstić information content (AvgIpc) is 2.26. The van der Waals surface area contributed by atoms with E-state index in [9.17, 15) is 9.59 Å². The van der Waals surface area contributed by atoms with Gasteiger partial charge in [-0.1, -0.05) is 13.3 Å². The molecule has 0 saturated heterocycles. The Balaban J connectivity index is 3.56. The van der Waals surface area contributed by atoms with Gasteiger partial charge < -0.3 is 15.7 Å². The fourth-order valence-electron chi connectivity index (χ4n) is 1.48. The first kappa shape index (κ1) is 15.9. The smallest absolute Gasteiger partial charge is 0.306 e. The molecule has 0 radical (unpaired) electrons. The van der Waals surface area contributed by atoms with Crippen LogP contribution >= 0.6 is 0 Å². The average molecular weight is 244 g/mol. The number of likely N-dealkylation sites (N-methyl/N-ethyl adjacent to an activating group) is 1. The van der Waals surface area contributed by atoms with Crippen molar-refractivity contribution in [2.75, 3.05) is 13.1 Å². The Bertz CT molecular complexity index is 244. The first-order chi connectivity index (χ1) is 7.97. The SMILES string of the molecule is CCNC(=O)CNC(C)CCCC(C)C(=O)O. The zero-order valence-corrected chi connectivity index (χ0v) is 11.0. The number of carboxylic acids is 1. The van der Waals surface area contributed by atoms with Gasteiger partial charge in [0.2, 0.25) is 5.91 Å². The number of hydrogen-bond donors (Lipinski definition) is 3. The maximum Gasteiger partial charge on any atom is 0.306 e. The molecule has 3 N–H and O–H groups in total. The van der Waals surface area contributed by atoms with Gasteiger partial charge in [-0.25, -0.2) is 0 Å². The molecule has 1 amide bonds. The highest BCUT2D eigenvalue weighted by Gasteiger charge is 2.11. The van der Waals surface area contributed by atoms with E-state index < -0.39 is 5.97 Å². The lowest BCUT2D eigenvalue weighted by Crippen LogP contribution is -2.37. The molecule has 0 bridgehead atoms. The van der Waals surface area contributed by atoms with Crippen LogP contribution in [0.15, 0.2) is 0 Å². The van der Waals surface area contributed by atoms with E-state index in [-0.39, 0.29) is 17.9 Å². The number of carboxylic acid groups (broad SMARTS) is 1. The monoisotopic (exact) mass is 244 g/mol. The number of carbonyl (C=O) groups is 2. The highest BCUT2D eigenvalue weighted by Crippen LogP contribution is 2.09. The van der Waals surface area contributed by atoms with Crippen molar-refractivity contribution in [2.45, 2.75) is 46.1 Å². The van der Waals surface area contributed by atoms with Crippen molar-refractivity contribution in [2.24, 2.45) is 5.92 Å². The molecule has 5 nitrogen and oxygen atoms in total. The third kappa shape index (κ3) is 8.68. The van der Waals surface area contributed by atoms with Crippen LogP contribution in [0.5, 0.6) is 0 Å². The summed E-state index contributed by atoms with van der Waals surface area (Å²) in [6.07, 6.45) is 2.43. The lowest BCUT2D eigenvalue weighted by Gasteiger charge is -2.14. The minimum absolute atomic E-state index is 0.00162. The fraction of sp³-hybridized carbons (Fsp3) is 0.833. The fourth-order valence-corrected chi connectivity index (χ4v) is 1.48. The zero-order chi connectivity index (χ0) is 13.3. The van der Waals surface area contributed by atoms with Gasteiger partial charge in [0, 0.05) is 12.6 Å². The second-order valence-electron chi connectivity index (χ2n) is 4.41. The lowest BCUT2D eigenvalue weighted by molar-refractivity contribution is -0.141. The van der Waals surface area contributed by atoms with E-state index in [0.29, 0.717) is 19.5 Å². The maximum absolute atomic E-state index is 11.2. The molecule has 0 aromatic heterocycles. The molecule has 0 aliphatic rings. The molecule has 0 aromatic rings. The van der Waals surface area contributed by atoms with Gasteiger partial charge in [-0.05, 0) is 26.7 Å². The molecule has 100 valence electrons. The summed E-state index contributed by atoms with van der Waals surface area (Å²) in [6, 6.07) is 0.235. The van der Waals surface area contributed by atoms with Crippen molar-refractivity contribution in [3.8, 4) is 0 Å². The highest BCUT2D eigenvalue weighted by molar-refractivity contribution is 5.77. The topological polar surface area (TPSA) is 78.4 Å². The predicted molar refractivity (Wildman–Crippen MR) is 66.8 cm³/mol. The second kappa shape index (κ2) is 8.98. The summed E-state index contributed by atoms with van der Waals surface area (Å²) < 4.78 is 0. The molecule has 0 saturated carbocycles. The molecule has 0 aliphatic carbocycles. The third-order valence-electron chi connectivity index (χ3n) is 2.68. The summed E-state index contributed by atoms with van der Waals surface area (Å²) in [7, 11) is 0. The van der Waals surface area contributed by atoms with Crippen LogP contribution in [0.4, 0.5) is 0 Å². The number of carbonyl (C=O) groups excluding carboxylic acids is 1. The number of hydrogen-bond acceptors (Lipinski definition) is 3. The van der Waals surface area contributed by atoms with E-state index in [0.717, 1.165) is 12.8 Å². The van der Waals surface area contributed by atoms with E-state index in [2.05, 4.69) is 10.6 Å². The summed E-state index contributed by atoms with van der Waals surface area (Å²) in [5.74, 6) is -1.03. The summed E-state index contributed by atoms with van der Waals surface area (Å²) in [5.41, 5.74) is 0. The van der Waals surface area contributed by atoms with E-state index in [4.69, 9.17) is 5.11 Å². The summed E-state index contributed by atoms with van der Waals surface area (Å²) in [4.78, 5) is 21.8. The standard InChI is InChI=1S/C12H24N2O3/c1-4-13-11(15)8-14-10(3)7-5-6-9(2)12(16)17/h9-10,14H,4-8H2,1-3H3,(H,13,15)(H,16,17). The Kier molecular flexibility index (Phi) is 8.40. The number of nitrogens with one attached hydrogen (secondary N) is 2. The van der Waals surface area contributed by atoms with Crippen LogP contribution in [-0.4, -0.2) is 36.1 Å². The molecule has 17 heavy (non-hydrogen) atoms. The van der Waals surface area contributed by atoms with Gasteiger partial charge in [-0.3, -0.25) is 9.59 Å². The Labute approximate surface area is 103 Å². The molecule has 0 spiro atoms. The van der Waals surface area contributed by atoms with Crippen molar-refractivity contribution in [3.63, 3.8) is 0 Å². The Hall–Kier alpha value is -1.10. The lowest BCUT2D eigenvalue weighted by atomic mass is 10.0. The second-order valence-corrected chi connectivity index (χ2v) is 4.41. The van der Waals surface area contributed by atoms with Crippen molar-refractivity contribution < 1.29 is 14.7 Å². The van der Waals surface area contributed by atoms with E-state index >= 15 is 0 Å². The Morgan fingerprint density at radius 3 is 2.41 bits per heavy atom. The molecular formula is C12H24N2O3. The van der Waals surface area contributed by atoms with Gasteiger partial charge in [-0.2, -0.15) is 0 Å². The minimum Gasteiger partial charge on any atom is -0.481 e. The minimum atomic E-state index is -0.743. The van der Waals surface area contributed by atoms with Gasteiger partial charge in [0.05, 0.1) is 12.5 Å². The molecule has 5 heteroatoms. The normalized spacial score (nSPS) is 14.1. The number of amides is 1. The molecule has 0 aliphatic heterocycles. The maximum atomic E-state index is 11.2. The zero-order valence-electron chi connectivity index (χ0n) is 11.0. The van der Waals surface area contributed by atoms with E-state index in [1.165, 1.54) is 0 Å². The van der Waals surface area contributed by atoms with E-state index in [1.54, 1.807) is 6.92 Å². The number of rotatable bonds is 9. The molecule has 0 fully saturated rings.